The Hall–Kier alpha value is -2.70. The summed E-state index contributed by atoms with van der Waals surface area (Å²) in [5.74, 6) is 1.32. The summed E-state index contributed by atoms with van der Waals surface area (Å²) in [6.45, 7) is 1.66. The molecule has 1 heterocycles. The summed E-state index contributed by atoms with van der Waals surface area (Å²) in [4.78, 5) is 12.0. The molecule has 0 unspecified atom stereocenters. The van der Waals surface area contributed by atoms with E-state index in [0.29, 0.717) is 31.1 Å². The van der Waals surface area contributed by atoms with Crippen LogP contribution in [-0.2, 0) is 25.9 Å². The van der Waals surface area contributed by atoms with Crippen molar-refractivity contribution in [3.8, 4) is 11.5 Å². The zero-order valence-corrected chi connectivity index (χ0v) is 15.4. The topological polar surface area (TPSA) is 77.4 Å². The predicted molar refractivity (Wildman–Crippen MR) is 98.7 cm³/mol. The first kappa shape index (κ1) is 18.1. The highest BCUT2D eigenvalue weighted by atomic mass is 16.5. The highest BCUT2D eigenvalue weighted by Crippen LogP contribution is 2.27. The number of methoxy groups -OCH3 is 2. The normalized spacial score (nSPS) is 13.0. The van der Waals surface area contributed by atoms with Gasteiger partial charge in [0.2, 0.25) is 0 Å². The summed E-state index contributed by atoms with van der Waals surface area (Å²) in [6, 6.07) is 5.39. The maximum atomic E-state index is 12.0. The number of hydrogen-bond acceptors (Lipinski definition) is 4. The van der Waals surface area contributed by atoms with Crippen molar-refractivity contribution in [1.29, 1.82) is 0 Å². The van der Waals surface area contributed by atoms with Gasteiger partial charge in [0.05, 0.1) is 27.0 Å². The number of ether oxygens (including phenoxy) is 2. The number of carbonyl (C=O) groups is 1. The fourth-order valence-electron chi connectivity index (χ4n) is 3.26. The molecule has 2 N–H and O–H groups in total. The third-order valence-corrected chi connectivity index (χ3v) is 4.66. The van der Waals surface area contributed by atoms with Gasteiger partial charge in [-0.15, -0.1) is 0 Å². The quantitative estimate of drug-likeness (QED) is 0.796. The van der Waals surface area contributed by atoms with E-state index in [9.17, 15) is 4.79 Å². The Bertz CT molecular complexity index is 757. The Morgan fingerprint density at radius 3 is 2.77 bits per heavy atom. The molecule has 3 rings (SSSR count). The van der Waals surface area contributed by atoms with Crippen LogP contribution in [0.5, 0.6) is 11.5 Å². The van der Waals surface area contributed by atoms with E-state index in [1.54, 1.807) is 14.2 Å². The number of hydrogen-bond donors (Lipinski definition) is 2. The van der Waals surface area contributed by atoms with Crippen molar-refractivity contribution in [3.05, 3.63) is 41.2 Å². The lowest BCUT2D eigenvalue weighted by molar-refractivity contribution is 0.240. The van der Waals surface area contributed by atoms with Crippen molar-refractivity contribution >= 4 is 6.03 Å². The van der Waals surface area contributed by atoms with Crippen molar-refractivity contribution in [1.82, 2.24) is 20.4 Å². The Balaban J connectivity index is 1.44. The molecule has 0 saturated heterocycles. The van der Waals surface area contributed by atoms with Crippen LogP contribution in [0.4, 0.5) is 4.79 Å². The van der Waals surface area contributed by atoms with Crippen molar-refractivity contribution in [3.63, 3.8) is 0 Å². The number of nitrogens with zero attached hydrogens (tertiary/aromatic N) is 2. The Morgan fingerprint density at radius 1 is 1.15 bits per heavy atom. The molecule has 0 fully saturated rings. The SMILES string of the molecule is COc1ccc(CNC(=O)NCCn2ncc3c2CCCC3)cc1OC. The van der Waals surface area contributed by atoms with E-state index in [1.165, 1.54) is 24.1 Å². The Morgan fingerprint density at radius 2 is 1.96 bits per heavy atom. The van der Waals surface area contributed by atoms with E-state index in [0.717, 1.165) is 18.4 Å². The van der Waals surface area contributed by atoms with Crippen LogP contribution in [0.1, 0.15) is 29.7 Å². The molecule has 2 aromatic rings. The molecule has 7 heteroatoms. The van der Waals surface area contributed by atoms with Crippen molar-refractivity contribution in [2.75, 3.05) is 20.8 Å². The summed E-state index contributed by atoms with van der Waals surface area (Å²) in [5, 5.41) is 10.2. The van der Waals surface area contributed by atoms with Crippen LogP contribution < -0.4 is 20.1 Å². The maximum Gasteiger partial charge on any atom is 0.315 e. The second kappa shape index (κ2) is 8.60. The lowest BCUT2D eigenvalue weighted by Crippen LogP contribution is -2.37. The molecule has 1 aromatic carbocycles. The largest absolute Gasteiger partial charge is 0.493 e. The molecule has 0 saturated carbocycles. The molecule has 0 aliphatic heterocycles. The summed E-state index contributed by atoms with van der Waals surface area (Å²) in [7, 11) is 3.19. The zero-order valence-electron chi connectivity index (χ0n) is 15.4. The minimum absolute atomic E-state index is 0.194. The van der Waals surface area contributed by atoms with Gasteiger partial charge in [0.25, 0.3) is 0 Å². The highest BCUT2D eigenvalue weighted by molar-refractivity contribution is 5.73. The molecular weight excluding hydrogens is 332 g/mol. The van der Waals surface area contributed by atoms with Crippen LogP contribution >= 0.6 is 0 Å². The third-order valence-electron chi connectivity index (χ3n) is 4.66. The lowest BCUT2D eigenvalue weighted by atomic mass is 9.98. The lowest BCUT2D eigenvalue weighted by Gasteiger charge is -2.14. The van der Waals surface area contributed by atoms with Crippen LogP contribution in [-0.4, -0.2) is 36.6 Å². The highest BCUT2D eigenvalue weighted by Gasteiger charge is 2.14. The van der Waals surface area contributed by atoms with Gasteiger partial charge in [-0.25, -0.2) is 4.79 Å². The van der Waals surface area contributed by atoms with E-state index in [1.807, 2.05) is 29.1 Å². The number of carbonyl (C=O) groups excluding carboxylic acids is 1. The van der Waals surface area contributed by atoms with Gasteiger partial charge in [0, 0.05) is 18.8 Å². The second-order valence-electron chi connectivity index (χ2n) is 6.35. The van der Waals surface area contributed by atoms with Gasteiger partial charge < -0.3 is 20.1 Å². The molecule has 0 atom stereocenters. The third kappa shape index (κ3) is 4.28. The number of amides is 2. The van der Waals surface area contributed by atoms with Crippen molar-refractivity contribution in [2.45, 2.75) is 38.8 Å². The summed E-state index contributed by atoms with van der Waals surface area (Å²) >= 11 is 0. The van der Waals surface area contributed by atoms with Gasteiger partial charge in [-0.05, 0) is 48.9 Å². The van der Waals surface area contributed by atoms with Gasteiger partial charge in [-0.3, -0.25) is 4.68 Å². The molecule has 26 heavy (non-hydrogen) atoms. The molecule has 1 aliphatic rings. The fraction of sp³-hybridized carbons (Fsp3) is 0.474. The molecule has 0 bridgehead atoms. The van der Waals surface area contributed by atoms with Gasteiger partial charge in [0.15, 0.2) is 11.5 Å². The average Bonchev–Trinajstić information content (AvgIpc) is 3.09. The standard InChI is InChI=1S/C19H26N4O3/c1-25-17-8-7-14(11-18(17)26-2)12-21-19(24)20-9-10-23-16-6-4-3-5-15(16)13-22-23/h7-8,11,13H,3-6,9-10,12H2,1-2H3,(H2,20,21,24). The monoisotopic (exact) mass is 358 g/mol. The van der Waals surface area contributed by atoms with Gasteiger partial charge in [0.1, 0.15) is 0 Å². The van der Waals surface area contributed by atoms with Crippen molar-refractivity contribution < 1.29 is 14.3 Å². The zero-order chi connectivity index (χ0) is 18.4. The Labute approximate surface area is 153 Å². The number of nitrogens with one attached hydrogen (secondary N) is 2. The first-order valence-corrected chi connectivity index (χ1v) is 8.97. The minimum Gasteiger partial charge on any atom is -0.493 e. The van der Waals surface area contributed by atoms with E-state index >= 15 is 0 Å². The molecule has 1 aromatic heterocycles. The van der Waals surface area contributed by atoms with Crippen LogP contribution in [0.2, 0.25) is 0 Å². The van der Waals surface area contributed by atoms with E-state index in [2.05, 4.69) is 15.7 Å². The van der Waals surface area contributed by atoms with Crippen LogP contribution in [0.15, 0.2) is 24.4 Å². The van der Waals surface area contributed by atoms with E-state index < -0.39 is 0 Å². The van der Waals surface area contributed by atoms with Crippen molar-refractivity contribution in [2.24, 2.45) is 0 Å². The molecule has 1 aliphatic carbocycles. The number of aryl methyl sites for hydroxylation is 1. The van der Waals surface area contributed by atoms with Gasteiger partial charge in [-0.2, -0.15) is 5.10 Å². The maximum absolute atomic E-state index is 12.0. The average molecular weight is 358 g/mol. The summed E-state index contributed by atoms with van der Waals surface area (Å²) < 4.78 is 12.5. The molecule has 0 radical (unpaired) electrons. The minimum atomic E-state index is -0.194. The first-order valence-electron chi connectivity index (χ1n) is 8.97. The number of fused-ring (bicyclic) bond motifs is 1. The molecule has 2 amide bonds. The van der Waals surface area contributed by atoms with E-state index in [-0.39, 0.29) is 6.03 Å². The molecule has 7 nitrogen and oxygen atoms in total. The number of rotatable bonds is 7. The predicted octanol–water partition coefficient (Wildman–Crippen LogP) is 2.28. The summed E-state index contributed by atoms with van der Waals surface area (Å²) in [5.41, 5.74) is 3.62. The number of aromatic nitrogens is 2. The first-order chi connectivity index (χ1) is 12.7. The Kier molecular flexibility index (Phi) is 5.99. The smallest absolute Gasteiger partial charge is 0.315 e. The molecular formula is C19H26N4O3. The van der Waals surface area contributed by atoms with Crippen LogP contribution in [0.25, 0.3) is 0 Å². The summed E-state index contributed by atoms with van der Waals surface area (Å²) in [6.07, 6.45) is 6.63. The van der Waals surface area contributed by atoms with Gasteiger partial charge >= 0.3 is 6.03 Å². The van der Waals surface area contributed by atoms with Gasteiger partial charge in [-0.1, -0.05) is 6.07 Å². The number of benzene rings is 1. The molecule has 0 spiro atoms. The van der Waals surface area contributed by atoms with Crippen LogP contribution in [0.3, 0.4) is 0 Å². The molecule has 140 valence electrons. The second-order valence-corrected chi connectivity index (χ2v) is 6.35. The fourth-order valence-corrected chi connectivity index (χ4v) is 3.26. The van der Waals surface area contributed by atoms with E-state index in [4.69, 9.17) is 9.47 Å². The van der Waals surface area contributed by atoms with Crippen LogP contribution in [0, 0.1) is 0 Å². The number of urea groups is 1.